The number of aryl methyl sites for hydroxylation is 1. The molecule has 1 atom stereocenters. The van der Waals surface area contributed by atoms with Crippen LogP contribution in [-0.4, -0.2) is 52.6 Å². The minimum Gasteiger partial charge on any atom is -0.479 e. The Hall–Kier alpha value is -2.62. The number of rotatable bonds is 8. The Kier molecular flexibility index (Phi) is 6.14. The maximum atomic E-state index is 11.6. The van der Waals surface area contributed by atoms with Crippen molar-refractivity contribution >= 4 is 17.9 Å². The van der Waals surface area contributed by atoms with Gasteiger partial charge in [-0.15, -0.1) is 0 Å². The molecular formula is C11H17N5O5. The van der Waals surface area contributed by atoms with Crippen LogP contribution in [-0.2, 0) is 21.4 Å². The van der Waals surface area contributed by atoms with E-state index in [1.807, 2.05) is 0 Å². The van der Waals surface area contributed by atoms with Crippen LogP contribution in [0.15, 0.2) is 12.4 Å². The minimum atomic E-state index is -1.21. The van der Waals surface area contributed by atoms with Gasteiger partial charge in [0.25, 0.3) is 0 Å². The Morgan fingerprint density at radius 3 is 2.76 bits per heavy atom. The molecule has 116 valence electrons. The predicted molar refractivity (Wildman–Crippen MR) is 70.1 cm³/mol. The number of carbonyl (C=O) groups is 3. The Bertz CT molecular complexity index is 515. The molecule has 1 aromatic rings. The van der Waals surface area contributed by atoms with E-state index in [-0.39, 0.29) is 19.8 Å². The van der Waals surface area contributed by atoms with Crippen LogP contribution in [0.5, 0.6) is 0 Å². The fraction of sp³-hybridized carbons (Fsp3) is 0.455. The quantitative estimate of drug-likeness (QED) is 0.422. The van der Waals surface area contributed by atoms with Gasteiger partial charge in [0, 0.05) is 25.4 Å². The number of hydrogen-bond acceptors (Lipinski definition) is 5. The first-order chi connectivity index (χ1) is 9.90. The summed E-state index contributed by atoms with van der Waals surface area (Å²) < 4.78 is 6.27. The van der Waals surface area contributed by atoms with Crippen LogP contribution < -0.4 is 16.4 Å². The second-order valence-corrected chi connectivity index (χ2v) is 4.14. The lowest BCUT2D eigenvalue weighted by molar-refractivity contribution is -0.139. The van der Waals surface area contributed by atoms with Gasteiger partial charge in [0.15, 0.2) is 6.04 Å². The lowest BCUT2D eigenvalue weighted by Gasteiger charge is -2.13. The summed E-state index contributed by atoms with van der Waals surface area (Å²) in [4.78, 5) is 33.1. The first-order valence-corrected chi connectivity index (χ1v) is 6.02. The fourth-order valence-corrected chi connectivity index (χ4v) is 1.47. The molecule has 1 unspecified atom stereocenters. The van der Waals surface area contributed by atoms with Crippen molar-refractivity contribution in [2.45, 2.75) is 6.04 Å². The zero-order valence-electron chi connectivity index (χ0n) is 11.4. The number of amides is 3. The Labute approximate surface area is 120 Å². The number of carboxylic acids is 1. The summed E-state index contributed by atoms with van der Waals surface area (Å²) in [5.74, 6) is -1.81. The van der Waals surface area contributed by atoms with Crippen LogP contribution in [0.4, 0.5) is 4.79 Å². The van der Waals surface area contributed by atoms with Gasteiger partial charge in [0.2, 0.25) is 5.91 Å². The number of nitrogens with one attached hydrogen (secondary N) is 2. The van der Waals surface area contributed by atoms with Gasteiger partial charge in [-0.3, -0.25) is 9.48 Å². The lowest BCUT2D eigenvalue weighted by atomic mass is 10.1. The van der Waals surface area contributed by atoms with Crippen molar-refractivity contribution in [3.63, 3.8) is 0 Å². The zero-order valence-corrected chi connectivity index (χ0v) is 11.4. The zero-order chi connectivity index (χ0) is 15.8. The topological polar surface area (TPSA) is 149 Å². The number of carboxylic acid groups (broad SMARTS) is 1. The molecule has 21 heavy (non-hydrogen) atoms. The van der Waals surface area contributed by atoms with Crippen molar-refractivity contribution in [1.29, 1.82) is 0 Å². The molecule has 1 rings (SSSR count). The standard InChI is InChI=1S/C11H17N5O5/c1-16-5-7(4-14-16)9(10(18)19)15-11(20)13-2-3-21-6-8(12)17/h4-5,9H,2-3,6H2,1H3,(H2,12,17)(H,18,19)(H2,13,15,20). The van der Waals surface area contributed by atoms with Crippen molar-refractivity contribution in [2.75, 3.05) is 19.8 Å². The molecule has 5 N–H and O–H groups in total. The number of aliphatic carboxylic acids is 1. The molecule has 0 fully saturated rings. The summed E-state index contributed by atoms with van der Waals surface area (Å²) in [6.07, 6.45) is 2.85. The van der Waals surface area contributed by atoms with E-state index in [9.17, 15) is 14.4 Å². The Balaban J connectivity index is 2.40. The number of carbonyl (C=O) groups excluding carboxylic acids is 2. The van der Waals surface area contributed by atoms with E-state index in [0.29, 0.717) is 5.56 Å². The number of primary amides is 1. The molecule has 10 heteroatoms. The first-order valence-electron chi connectivity index (χ1n) is 6.02. The number of urea groups is 1. The Morgan fingerprint density at radius 1 is 1.52 bits per heavy atom. The third kappa shape index (κ3) is 5.91. The van der Waals surface area contributed by atoms with Crippen molar-refractivity contribution < 1.29 is 24.2 Å². The van der Waals surface area contributed by atoms with Crippen LogP contribution in [0.3, 0.4) is 0 Å². The second kappa shape index (κ2) is 7.85. The van der Waals surface area contributed by atoms with Gasteiger partial charge in [-0.25, -0.2) is 9.59 Å². The van der Waals surface area contributed by atoms with E-state index in [4.69, 9.17) is 15.6 Å². The molecule has 0 aromatic carbocycles. The van der Waals surface area contributed by atoms with Crippen LogP contribution >= 0.6 is 0 Å². The molecule has 0 radical (unpaired) electrons. The van der Waals surface area contributed by atoms with E-state index >= 15 is 0 Å². The third-order valence-corrected chi connectivity index (χ3v) is 2.36. The van der Waals surface area contributed by atoms with Gasteiger partial charge < -0.3 is 26.2 Å². The van der Waals surface area contributed by atoms with E-state index in [0.717, 1.165) is 0 Å². The average Bonchev–Trinajstić information content (AvgIpc) is 2.81. The summed E-state index contributed by atoms with van der Waals surface area (Å²) in [7, 11) is 1.64. The highest BCUT2D eigenvalue weighted by molar-refractivity contribution is 5.83. The molecule has 0 spiro atoms. The first kappa shape index (κ1) is 16.4. The molecule has 10 nitrogen and oxygen atoms in total. The predicted octanol–water partition coefficient (Wildman–Crippen LogP) is -1.65. The van der Waals surface area contributed by atoms with Gasteiger partial charge in [0.05, 0.1) is 12.8 Å². The molecule has 0 aliphatic rings. The number of aromatic nitrogens is 2. The molecule has 0 saturated carbocycles. The molecule has 0 saturated heterocycles. The van der Waals surface area contributed by atoms with Gasteiger partial charge in [-0.05, 0) is 0 Å². The molecule has 0 bridgehead atoms. The number of ether oxygens (including phenoxy) is 1. The van der Waals surface area contributed by atoms with Crippen LogP contribution in [0.1, 0.15) is 11.6 Å². The minimum absolute atomic E-state index is 0.0843. The largest absolute Gasteiger partial charge is 0.479 e. The van der Waals surface area contributed by atoms with E-state index in [1.54, 1.807) is 7.05 Å². The molecule has 1 heterocycles. The molecule has 3 amide bonds. The smallest absolute Gasteiger partial charge is 0.331 e. The average molecular weight is 299 g/mol. The second-order valence-electron chi connectivity index (χ2n) is 4.14. The maximum Gasteiger partial charge on any atom is 0.331 e. The number of hydrogen-bond donors (Lipinski definition) is 4. The molecule has 0 aliphatic carbocycles. The van der Waals surface area contributed by atoms with Crippen molar-refractivity contribution in [3.05, 3.63) is 18.0 Å². The van der Waals surface area contributed by atoms with Gasteiger partial charge in [-0.1, -0.05) is 0 Å². The summed E-state index contributed by atoms with van der Waals surface area (Å²) in [6, 6.07) is -1.88. The lowest BCUT2D eigenvalue weighted by Crippen LogP contribution is -2.42. The van der Waals surface area contributed by atoms with E-state index in [2.05, 4.69) is 15.7 Å². The van der Waals surface area contributed by atoms with Crippen molar-refractivity contribution in [1.82, 2.24) is 20.4 Å². The fourth-order valence-electron chi connectivity index (χ4n) is 1.47. The monoisotopic (exact) mass is 299 g/mol. The van der Waals surface area contributed by atoms with Gasteiger partial charge in [-0.2, -0.15) is 5.10 Å². The Morgan fingerprint density at radius 2 is 2.24 bits per heavy atom. The highest BCUT2D eigenvalue weighted by Gasteiger charge is 2.23. The molecule has 0 aliphatic heterocycles. The van der Waals surface area contributed by atoms with E-state index in [1.165, 1.54) is 17.1 Å². The summed E-state index contributed by atoms with van der Waals surface area (Å²) in [5, 5.41) is 17.6. The van der Waals surface area contributed by atoms with Gasteiger partial charge in [0.1, 0.15) is 6.61 Å². The van der Waals surface area contributed by atoms with Crippen LogP contribution in [0.25, 0.3) is 0 Å². The summed E-state index contributed by atoms with van der Waals surface area (Å²) in [5.41, 5.74) is 5.22. The van der Waals surface area contributed by atoms with Crippen LogP contribution in [0.2, 0.25) is 0 Å². The maximum absolute atomic E-state index is 11.6. The van der Waals surface area contributed by atoms with Crippen molar-refractivity contribution in [2.24, 2.45) is 12.8 Å². The molecular weight excluding hydrogens is 282 g/mol. The number of nitrogens with two attached hydrogens (primary N) is 1. The summed E-state index contributed by atoms with van der Waals surface area (Å²) >= 11 is 0. The highest BCUT2D eigenvalue weighted by atomic mass is 16.5. The van der Waals surface area contributed by atoms with Crippen LogP contribution in [0, 0.1) is 0 Å². The van der Waals surface area contributed by atoms with E-state index < -0.39 is 23.9 Å². The van der Waals surface area contributed by atoms with Gasteiger partial charge >= 0.3 is 12.0 Å². The highest BCUT2D eigenvalue weighted by Crippen LogP contribution is 2.11. The van der Waals surface area contributed by atoms with Crippen molar-refractivity contribution in [3.8, 4) is 0 Å². The molecule has 1 aromatic heterocycles. The SMILES string of the molecule is Cn1cc(C(NC(=O)NCCOCC(N)=O)C(=O)O)cn1. The number of nitrogens with zero attached hydrogens (tertiary/aromatic N) is 2. The normalized spacial score (nSPS) is 11.7. The third-order valence-electron chi connectivity index (χ3n) is 2.36. The summed E-state index contributed by atoms with van der Waals surface area (Å²) in [6.45, 7) is -0.0454.